The summed E-state index contributed by atoms with van der Waals surface area (Å²) in [6, 6.07) is 8.89. The molecule has 0 spiro atoms. The number of ether oxygens (including phenoxy) is 3. The van der Waals surface area contributed by atoms with Crippen LogP contribution in [0.1, 0.15) is 41.6 Å². The lowest BCUT2D eigenvalue weighted by Crippen LogP contribution is -2.28. The van der Waals surface area contributed by atoms with Crippen molar-refractivity contribution in [3.63, 3.8) is 0 Å². The molecule has 1 heterocycles. The molecule has 1 N–H and O–H groups in total. The topological polar surface area (TPSA) is 87.0 Å². The number of hydrogen-bond acceptors (Lipinski definition) is 6. The van der Waals surface area contributed by atoms with Gasteiger partial charge in [0.15, 0.2) is 11.5 Å². The highest BCUT2D eigenvalue weighted by molar-refractivity contribution is 5.83. The third kappa shape index (κ3) is 4.72. The quantitative estimate of drug-likeness (QED) is 0.528. The molecule has 32 heavy (non-hydrogen) atoms. The van der Waals surface area contributed by atoms with E-state index in [-0.39, 0.29) is 18.4 Å². The number of methoxy groups -OCH3 is 3. The van der Waals surface area contributed by atoms with Gasteiger partial charge in [-0.1, -0.05) is 0 Å². The zero-order valence-corrected chi connectivity index (χ0v) is 19.3. The van der Waals surface area contributed by atoms with Crippen molar-refractivity contribution in [3.8, 4) is 17.2 Å². The van der Waals surface area contributed by atoms with Gasteiger partial charge in [-0.15, -0.1) is 0 Å². The second kappa shape index (κ2) is 9.77. The fourth-order valence-corrected chi connectivity index (χ4v) is 3.88. The number of carbonyl (C=O) groups excluding carboxylic acids is 1. The van der Waals surface area contributed by atoms with Gasteiger partial charge in [0.2, 0.25) is 5.91 Å². The fraction of sp³-hybridized carbons (Fsp3) is 0.360. The SMILES string of the molecule is COc1ccc2c(C)c(CCC(=O)NC(C)c3cc(OC)c(OC)cc3C)c(=O)oc2c1. The summed E-state index contributed by atoms with van der Waals surface area (Å²) in [5.41, 5.74) is 3.28. The third-order valence-electron chi connectivity index (χ3n) is 5.71. The van der Waals surface area contributed by atoms with E-state index in [1.807, 2.05) is 45.0 Å². The Morgan fingerprint density at radius 1 is 1.03 bits per heavy atom. The number of fused-ring (bicyclic) bond motifs is 1. The first kappa shape index (κ1) is 23.2. The largest absolute Gasteiger partial charge is 0.497 e. The maximum Gasteiger partial charge on any atom is 0.339 e. The Balaban J connectivity index is 1.74. The van der Waals surface area contributed by atoms with Crippen LogP contribution in [0, 0.1) is 13.8 Å². The van der Waals surface area contributed by atoms with Crippen LogP contribution in [0.25, 0.3) is 11.0 Å². The van der Waals surface area contributed by atoms with Crippen LogP contribution in [-0.2, 0) is 11.2 Å². The maximum absolute atomic E-state index is 12.6. The first-order valence-corrected chi connectivity index (χ1v) is 10.4. The highest BCUT2D eigenvalue weighted by Crippen LogP contribution is 2.33. The van der Waals surface area contributed by atoms with Crippen molar-refractivity contribution in [3.05, 3.63) is 63.0 Å². The van der Waals surface area contributed by atoms with Gasteiger partial charge in [0.25, 0.3) is 0 Å². The van der Waals surface area contributed by atoms with Crippen LogP contribution in [0.15, 0.2) is 39.5 Å². The summed E-state index contributed by atoms with van der Waals surface area (Å²) in [5, 5.41) is 3.83. The molecule has 0 bridgehead atoms. The molecule has 1 unspecified atom stereocenters. The van der Waals surface area contributed by atoms with E-state index < -0.39 is 5.63 Å². The first-order chi connectivity index (χ1) is 15.3. The Hall–Kier alpha value is -3.48. The summed E-state index contributed by atoms with van der Waals surface area (Å²) in [6.45, 7) is 5.74. The molecule has 1 atom stereocenters. The van der Waals surface area contributed by atoms with Gasteiger partial charge in [-0.2, -0.15) is 0 Å². The summed E-state index contributed by atoms with van der Waals surface area (Å²) in [7, 11) is 4.72. The molecule has 3 aromatic rings. The Kier molecular flexibility index (Phi) is 7.08. The minimum atomic E-state index is -0.431. The monoisotopic (exact) mass is 439 g/mol. The van der Waals surface area contributed by atoms with Crippen molar-refractivity contribution in [2.75, 3.05) is 21.3 Å². The highest BCUT2D eigenvalue weighted by Gasteiger charge is 2.18. The van der Waals surface area contributed by atoms with Gasteiger partial charge in [0.1, 0.15) is 11.3 Å². The van der Waals surface area contributed by atoms with Crippen LogP contribution in [0.2, 0.25) is 0 Å². The second-order valence-electron chi connectivity index (χ2n) is 7.71. The molecule has 0 saturated carbocycles. The lowest BCUT2D eigenvalue weighted by atomic mass is 10.00. The van der Waals surface area contributed by atoms with Crippen LogP contribution in [0.5, 0.6) is 17.2 Å². The molecule has 0 aliphatic carbocycles. The second-order valence-corrected chi connectivity index (χ2v) is 7.71. The summed E-state index contributed by atoms with van der Waals surface area (Å²) in [4.78, 5) is 25.2. The molecule has 3 rings (SSSR count). The first-order valence-electron chi connectivity index (χ1n) is 10.4. The predicted molar refractivity (Wildman–Crippen MR) is 123 cm³/mol. The molecular formula is C25H29NO6. The molecule has 0 radical (unpaired) electrons. The number of rotatable bonds is 8. The van der Waals surface area contributed by atoms with Crippen LogP contribution in [0.4, 0.5) is 0 Å². The molecule has 0 fully saturated rings. The Morgan fingerprint density at radius 2 is 1.72 bits per heavy atom. The van der Waals surface area contributed by atoms with Crippen molar-refractivity contribution >= 4 is 16.9 Å². The number of nitrogens with one attached hydrogen (secondary N) is 1. The molecule has 7 heteroatoms. The zero-order valence-electron chi connectivity index (χ0n) is 19.3. The van der Waals surface area contributed by atoms with Crippen LogP contribution < -0.4 is 25.2 Å². The van der Waals surface area contributed by atoms with Gasteiger partial charge < -0.3 is 23.9 Å². The summed E-state index contributed by atoms with van der Waals surface area (Å²) in [5.74, 6) is 1.71. The average molecular weight is 440 g/mol. The van der Waals surface area contributed by atoms with E-state index in [0.717, 1.165) is 22.1 Å². The molecule has 1 aromatic heterocycles. The molecule has 170 valence electrons. The number of benzene rings is 2. The van der Waals surface area contributed by atoms with Crippen molar-refractivity contribution in [1.82, 2.24) is 5.32 Å². The van der Waals surface area contributed by atoms with E-state index in [4.69, 9.17) is 18.6 Å². The van der Waals surface area contributed by atoms with Crippen molar-refractivity contribution in [1.29, 1.82) is 0 Å². The highest BCUT2D eigenvalue weighted by atomic mass is 16.5. The number of hydrogen-bond donors (Lipinski definition) is 1. The smallest absolute Gasteiger partial charge is 0.339 e. The number of carbonyl (C=O) groups is 1. The van der Waals surface area contributed by atoms with E-state index in [9.17, 15) is 9.59 Å². The zero-order chi connectivity index (χ0) is 23.4. The van der Waals surface area contributed by atoms with Crippen molar-refractivity contribution in [2.45, 2.75) is 39.7 Å². The molecule has 7 nitrogen and oxygen atoms in total. The van der Waals surface area contributed by atoms with Crippen LogP contribution in [0.3, 0.4) is 0 Å². The Bertz CT molecular complexity index is 1200. The molecule has 2 aromatic carbocycles. The van der Waals surface area contributed by atoms with Crippen LogP contribution >= 0.6 is 0 Å². The lowest BCUT2D eigenvalue weighted by molar-refractivity contribution is -0.121. The van der Waals surface area contributed by atoms with Gasteiger partial charge >= 0.3 is 5.63 Å². The minimum absolute atomic E-state index is 0.152. The van der Waals surface area contributed by atoms with Gasteiger partial charge in [-0.05, 0) is 68.1 Å². The van der Waals surface area contributed by atoms with E-state index in [2.05, 4.69) is 5.32 Å². The molecule has 0 aliphatic heterocycles. The third-order valence-corrected chi connectivity index (χ3v) is 5.71. The van der Waals surface area contributed by atoms with Gasteiger partial charge in [-0.3, -0.25) is 4.79 Å². The van der Waals surface area contributed by atoms with E-state index in [1.165, 1.54) is 0 Å². The van der Waals surface area contributed by atoms with Gasteiger partial charge in [-0.25, -0.2) is 4.79 Å². The summed E-state index contributed by atoms with van der Waals surface area (Å²) < 4.78 is 21.4. The number of aryl methyl sites for hydroxylation is 2. The summed E-state index contributed by atoms with van der Waals surface area (Å²) >= 11 is 0. The maximum atomic E-state index is 12.6. The van der Waals surface area contributed by atoms with E-state index >= 15 is 0 Å². The Labute approximate surface area is 187 Å². The standard InChI is InChI=1S/C25H29NO6/c1-14-11-22(30-5)23(31-6)13-20(14)16(3)26-24(27)10-9-19-15(2)18-8-7-17(29-4)12-21(18)32-25(19)28/h7-8,11-13,16H,9-10H2,1-6H3,(H,26,27). The van der Waals surface area contributed by atoms with Gasteiger partial charge in [0, 0.05) is 23.4 Å². The van der Waals surface area contributed by atoms with Gasteiger partial charge in [0.05, 0.1) is 27.4 Å². The predicted octanol–water partition coefficient (Wildman–Crippen LogP) is 4.25. The van der Waals surface area contributed by atoms with Crippen LogP contribution in [-0.4, -0.2) is 27.2 Å². The van der Waals surface area contributed by atoms with E-state index in [0.29, 0.717) is 34.8 Å². The van der Waals surface area contributed by atoms with Crippen molar-refractivity contribution < 1.29 is 23.4 Å². The average Bonchev–Trinajstić information content (AvgIpc) is 2.77. The molecule has 0 saturated heterocycles. The summed E-state index contributed by atoms with van der Waals surface area (Å²) in [6.07, 6.45) is 0.462. The molecular weight excluding hydrogens is 410 g/mol. The van der Waals surface area contributed by atoms with Crippen molar-refractivity contribution in [2.24, 2.45) is 0 Å². The fourth-order valence-electron chi connectivity index (χ4n) is 3.88. The number of amides is 1. The Morgan fingerprint density at radius 3 is 2.38 bits per heavy atom. The van der Waals surface area contributed by atoms with E-state index in [1.54, 1.807) is 27.4 Å². The molecule has 1 amide bonds. The minimum Gasteiger partial charge on any atom is -0.497 e. The molecule has 0 aliphatic rings. The normalized spacial score (nSPS) is 11.8. The lowest BCUT2D eigenvalue weighted by Gasteiger charge is -2.19.